The summed E-state index contributed by atoms with van der Waals surface area (Å²) in [5.74, 6) is -2.86. The lowest BCUT2D eigenvalue weighted by molar-refractivity contribution is -0.142. The fourth-order valence-electron chi connectivity index (χ4n) is 1.57. The Hall–Kier alpha value is -1.49. The van der Waals surface area contributed by atoms with Gasteiger partial charge in [-0.1, -0.05) is 12.1 Å². The molecular weight excluding hydrogens is 228 g/mol. The predicted octanol–water partition coefficient (Wildman–Crippen LogP) is 2.43. The van der Waals surface area contributed by atoms with Gasteiger partial charge < -0.3 is 5.11 Å². The van der Waals surface area contributed by atoms with Crippen LogP contribution in [0.3, 0.4) is 0 Å². The van der Waals surface area contributed by atoms with E-state index in [-0.39, 0.29) is 5.56 Å². The van der Waals surface area contributed by atoms with Gasteiger partial charge in [0, 0.05) is 11.6 Å². The standard InChI is InChI=1S/C12H15F2NO2/c1-7(15(3)8(2)12(16)17)9-5-4-6-10(13)11(9)14/h4-8H,1-3H3,(H,16,17). The summed E-state index contributed by atoms with van der Waals surface area (Å²) in [6, 6.07) is 2.61. The third kappa shape index (κ3) is 2.79. The van der Waals surface area contributed by atoms with Crippen LogP contribution < -0.4 is 0 Å². The Morgan fingerprint density at radius 3 is 2.47 bits per heavy atom. The Labute approximate surface area is 98.7 Å². The highest BCUT2D eigenvalue weighted by molar-refractivity contribution is 5.72. The van der Waals surface area contributed by atoms with Crippen molar-refractivity contribution in [3.05, 3.63) is 35.4 Å². The summed E-state index contributed by atoms with van der Waals surface area (Å²) in [6.45, 7) is 3.13. The fourth-order valence-corrected chi connectivity index (χ4v) is 1.57. The maximum atomic E-state index is 13.5. The minimum absolute atomic E-state index is 0.153. The largest absolute Gasteiger partial charge is 0.480 e. The molecule has 0 saturated heterocycles. The second-order valence-corrected chi connectivity index (χ2v) is 4.00. The molecule has 0 amide bonds. The number of rotatable bonds is 4. The normalized spacial score (nSPS) is 14.7. The molecule has 2 unspecified atom stereocenters. The van der Waals surface area contributed by atoms with Crippen LogP contribution >= 0.6 is 0 Å². The highest BCUT2D eigenvalue weighted by Gasteiger charge is 2.25. The van der Waals surface area contributed by atoms with Crippen molar-refractivity contribution in [2.24, 2.45) is 0 Å². The van der Waals surface area contributed by atoms with E-state index in [0.717, 1.165) is 6.07 Å². The van der Waals surface area contributed by atoms with Crippen LogP contribution in [0.15, 0.2) is 18.2 Å². The van der Waals surface area contributed by atoms with Gasteiger partial charge in [-0.2, -0.15) is 0 Å². The van der Waals surface area contributed by atoms with Gasteiger partial charge in [-0.05, 0) is 27.0 Å². The van der Waals surface area contributed by atoms with Crippen LogP contribution in [-0.2, 0) is 4.79 Å². The van der Waals surface area contributed by atoms with Crippen molar-refractivity contribution in [3.63, 3.8) is 0 Å². The van der Waals surface area contributed by atoms with Crippen LogP contribution in [0.4, 0.5) is 8.78 Å². The number of halogens is 2. The summed E-state index contributed by atoms with van der Waals surface area (Å²) in [4.78, 5) is 12.3. The summed E-state index contributed by atoms with van der Waals surface area (Å²) in [6.07, 6.45) is 0. The zero-order valence-corrected chi connectivity index (χ0v) is 9.95. The van der Waals surface area contributed by atoms with Crippen LogP contribution in [0.5, 0.6) is 0 Å². The van der Waals surface area contributed by atoms with E-state index >= 15 is 0 Å². The van der Waals surface area contributed by atoms with Crippen molar-refractivity contribution in [2.45, 2.75) is 25.9 Å². The molecule has 1 aromatic carbocycles. The highest BCUT2D eigenvalue weighted by Crippen LogP contribution is 2.24. The Morgan fingerprint density at radius 1 is 1.35 bits per heavy atom. The van der Waals surface area contributed by atoms with Gasteiger partial charge in [0.1, 0.15) is 6.04 Å². The van der Waals surface area contributed by atoms with Gasteiger partial charge in [0.05, 0.1) is 0 Å². The minimum Gasteiger partial charge on any atom is -0.480 e. The topological polar surface area (TPSA) is 40.5 Å². The number of carboxylic acid groups (broad SMARTS) is 1. The Kier molecular flexibility index (Phi) is 4.17. The average molecular weight is 243 g/mol. The molecule has 0 bridgehead atoms. The number of carbonyl (C=O) groups is 1. The van der Waals surface area contributed by atoms with Gasteiger partial charge in [0.2, 0.25) is 0 Å². The summed E-state index contributed by atoms with van der Waals surface area (Å²) in [7, 11) is 1.56. The lowest BCUT2D eigenvalue weighted by atomic mass is 10.0. The lowest BCUT2D eigenvalue weighted by Gasteiger charge is -2.28. The van der Waals surface area contributed by atoms with Crippen LogP contribution in [0, 0.1) is 11.6 Å². The molecule has 1 N–H and O–H groups in total. The molecule has 0 aliphatic carbocycles. The monoisotopic (exact) mass is 243 g/mol. The maximum absolute atomic E-state index is 13.5. The van der Waals surface area contributed by atoms with Crippen molar-refractivity contribution >= 4 is 5.97 Å². The van der Waals surface area contributed by atoms with Crippen molar-refractivity contribution < 1.29 is 18.7 Å². The Balaban J connectivity index is 3.00. The van der Waals surface area contributed by atoms with Gasteiger partial charge in [-0.3, -0.25) is 9.69 Å². The average Bonchev–Trinajstić information content (AvgIpc) is 2.29. The van der Waals surface area contributed by atoms with Crippen molar-refractivity contribution in [2.75, 3.05) is 7.05 Å². The van der Waals surface area contributed by atoms with E-state index < -0.39 is 29.7 Å². The number of carboxylic acids is 1. The zero-order valence-electron chi connectivity index (χ0n) is 9.95. The van der Waals surface area contributed by atoms with E-state index in [1.54, 1.807) is 14.0 Å². The van der Waals surface area contributed by atoms with E-state index in [4.69, 9.17) is 5.11 Å². The van der Waals surface area contributed by atoms with E-state index in [1.165, 1.54) is 24.0 Å². The maximum Gasteiger partial charge on any atom is 0.320 e. The third-order valence-corrected chi connectivity index (χ3v) is 3.01. The molecule has 0 fully saturated rings. The summed E-state index contributed by atoms with van der Waals surface area (Å²) in [5.41, 5.74) is 0.153. The number of hydrogen-bond donors (Lipinski definition) is 1. The summed E-state index contributed by atoms with van der Waals surface area (Å²) >= 11 is 0. The smallest absolute Gasteiger partial charge is 0.320 e. The van der Waals surface area contributed by atoms with Gasteiger partial charge >= 0.3 is 5.97 Å². The second kappa shape index (κ2) is 5.23. The quantitative estimate of drug-likeness (QED) is 0.883. The van der Waals surface area contributed by atoms with Gasteiger partial charge in [0.15, 0.2) is 11.6 Å². The molecule has 17 heavy (non-hydrogen) atoms. The van der Waals surface area contributed by atoms with Crippen molar-refractivity contribution in [1.82, 2.24) is 4.90 Å². The summed E-state index contributed by atoms with van der Waals surface area (Å²) < 4.78 is 26.6. The molecule has 0 aliphatic heterocycles. The lowest BCUT2D eigenvalue weighted by Crippen LogP contribution is -2.37. The first-order valence-corrected chi connectivity index (χ1v) is 5.25. The molecule has 0 spiro atoms. The number of aliphatic carboxylic acids is 1. The van der Waals surface area contributed by atoms with E-state index in [0.29, 0.717) is 0 Å². The number of likely N-dealkylation sites (N-methyl/N-ethyl adjacent to an activating group) is 1. The molecule has 94 valence electrons. The van der Waals surface area contributed by atoms with Gasteiger partial charge in [-0.25, -0.2) is 8.78 Å². The molecule has 2 atom stereocenters. The van der Waals surface area contributed by atoms with Crippen LogP contribution in [0.1, 0.15) is 25.5 Å². The van der Waals surface area contributed by atoms with Crippen LogP contribution in [0.25, 0.3) is 0 Å². The van der Waals surface area contributed by atoms with E-state index in [1.807, 2.05) is 0 Å². The Bertz CT molecular complexity index is 423. The second-order valence-electron chi connectivity index (χ2n) is 4.00. The predicted molar refractivity (Wildman–Crippen MR) is 59.6 cm³/mol. The number of benzene rings is 1. The summed E-state index contributed by atoms with van der Waals surface area (Å²) in [5, 5.41) is 8.86. The zero-order chi connectivity index (χ0) is 13.2. The van der Waals surface area contributed by atoms with Crippen molar-refractivity contribution in [3.8, 4) is 0 Å². The fraction of sp³-hybridized carbons (Fsp3) is 0.417. The highest BCUT2D eigenvalue weighted by atomic mass is 19.2. The van der Waals surface area contributed by atoms with E-state index in [2.05, 4.69) is 0 Å². The first-order chi connectivity index (χ1) is 7.86. The molecule has 1 aromatic rings. The SMILES string of the molecule is CC(C(=O)O)N(C)C(C)c1cccc(F)c1F. The van der Waals surface area contributed by atoms with Gasteiger partial charge in [0.25, 0.3) is 0 Å². The Morgan fingerprint density at radius 2 is 1.94 bits per heavy atom. The molecule has 0 radical (unpaired) electrons. The number of nitrogens with zero attached hydrogens (tertiary/aromatic N) is 1. The van der Waals surface area contributed by atoms with Gasteiger partial charge in [-0.15, -0.1) is 0 Å². The van der Waals surface area contributed by atoms with Crippen LogP contribution in [-0.4, -0.2) is 29.1 Å². The molecule has 3 nitrogen and oxygen atoms in total. The molecular formula is C12H15F2NO2. The minimum atomic E-state index is -1.00. The first kappa shape index (κ1) is 13.6. The molecule has 0 saturated carbocycles. The van der Waals surface area contributed by atoms with Crippen molar-refractivity contribution in [1.29, 1.82) is 0 Å². The van der Waals surface area contributed by atoms with Crippen LogP contribution in [0.2, 0.25) is 0 Å². The molecule has 0 heterocycles. The first-order valence-electron chi connectivity index (χ1n) is 5.25. The molecule has 5 heteroatoms. The number of hydrogen-bond acceptors (Lipinski definition) is 2. The third-order valence-electron chi connectivity index (χ3n) is 3.01. The molecule has 1 rings (SSSR count). The molecule has 0 aliphatic rings. The van der Waals surface area contributed by atoms with E-state index in [9.17, 15) is 13.6 Å². The molecule has 0 aromatic heterocycles.